The number of aryl methyl sites for hydroxylation is 1. The third-order valence-electron chi connectivity index (χ3n) is 2.36. The van der Waals surface area contributed by atoms with E-state index in [0.717, 1.165) is 5.69 Å². The fourth-order valence-corrected chi connectivity index (χ4v) is 1.62. The van der Waals surface area contributed by atoms with Crippen molar-refractivity contribution in [2.45, 2.75) is 6.92 Å². The lowest BCUT2D eigenvalue weighted by Gasteiger charge is -1.99. The molecule has 0 spiro atoms. The normalized spacial score (nSPS) is 10.3. The molecule has 0 atom stereocenters. The van der Waals surface area contributed by atoms with Crippen LogP contribution in [0.1, 0.15) is 11.3 Å². The molecule has 0 saturated carbocycles. The number of amidine groups is 1. The molecule has 2 aromatic rings. The van der Waals surface area contributed by atoms with Crippen LogP contribution in [0.2, 0.25) is 0 Å². The van der Waals surface area contributed by atoms with Gasteiger partial charge < -0.3 is 5.73 Å². The molecule has 82 valence electrons. The first kappa shape index (κ1) is 10.2. The number of para-hydroxylation sites is 1. The summed E-state index contributed by atoms with van der Waals surface area (Å²) < 4.78 is 1.38. The molecule has 0 radical (unpaired) electrons. The Balaban J connectivity index is 2.66. The molecule has 0 saturated heterocycles. The standard InChI is InChI=1S/C11H12N4O/c1-7-9(10(12)13)11(16)15(14-7)8-5-3-2-4-6-8/h2-6,14H,1H3,(H3,12,13). The van der Waals surface area contributed by atoms with Gasteiger partial charge in [0.2, 0.25) is 0 Å². The first-order valence-electron chi connectivity index (χ1n) is 4.82. The van der Waals surface area contributed by atoms with Crippen LogP contribution in [0, 0.1) is 12.3 Å². The van der Waals surface area contributed by atoms with E-state index in [-0.39, 0.29) is 17.0 Å². The second-order valence-electron chi connectivity index (χ2n) is 3.50. The lowest BCUT2D eigenvalue weighted by molar-refractivity contribution is 0.835. The molecule has 5 nitrogen and oxygen atoms in total. The molecule has 1 aromatic carbocycles. The molecule has 16 heavy (non-hydrogen) atoms. The van der Waals surface area contributed by atoms with E-state index in [1.54, 1.807) is 19.1 Å². The third kappa shape index (κ3) is 1.52. The van der Waals surface area contributed by atoms with Crippen molar-refractivity contribution in [1.29, 1.82) is 5.41 Å². The second-order valence-corrected chi connectivity index (χ2v) is 3.50. The second kappa shape index (κ2) is 3.69. The van der Waals surface area contributed by atoms with Gasteiger partial charge in [-0.1, -0.05) is 18.2 Å². The van der Waals surface area contributed by atoms with Gasteiger partial charge in [0.15, 0.2) is 0 Å². The van der Waals surface area contributed by atoms with Gasteiger partial charge in [-0.15, -0.1) is 0 Å². The summed E-state index contributed by atoms with van der Waals surface area (Å²) in [5, 5.41) is 10.2. The Morgan fingerprint density at radius 1 is 1.38 bits per heavy atom. The van der Waals surface area contributed by atoms with E-state index in [0.29, 0.717) is 5.69 Å². The smallest absolute Gasteiger partial charge is 0.282 e. The minimum atomic E-state index is -0.295. The molecule has 2 rings (SSSR count). The summed E-state index contributed by atoms with van der Waals surface area (Å²) >= 11 is 0. The fourth-order valence-electron chi connectivity index (χ4n) is 1.62. The molecule has 0 fully saturated rings. The molecule has 0 bridgehead atoms. The molecule has 0 aliphatic carbocycles. The minimum Gasteiger partial charge on any atom is -0.383 e. The van der Waals surface area contributed by atoms with E-state index in [1.807, 2.05) is 18.2 Å². The van der Waals surface area contributed by atoms with Gasteiger partial charge in [0.05, 0.1) is 5.69 Å². The largest absolute Gasteiger partial charge is 0.383 e. The van der Waals surface area contributed by atoms with Crippen molar-refractivity contribution in [3.8, 4) is 5.69 Å². The molecule has 0 aliphatic rings. The van der Waals surface area contributed by atoms with E-state index < -0.39 is 0 Å². The van der Waals surface area contributed by atoms with Gasteiger partial charge in [0, 0.05) is 5.69 Å². The Kier molecular flexibility index (Phi) is 2.36. The highest BCUT2D eigenvalue weighted by atomic mass is 16.1. The Hall–Kier alpha value is -2.30. The molecule has 1 aromatic heterocycles. The highest BCUT2D eigenvalue weighted by Gasteiger charge is 2.13. The Morgan fingerprint density at radius 3 is 2.50 bits per heavy atom. The first-order valence-corrected chi connectivity index (χ1v) is 4.82. The average Bonchev–Trinajstić information content (AvgIpc) is 2.55. The Morgan fingerprint density at radius 2 is 2.00 bits per heavy atom. The number of nitrogens with one attached hydrogen (secondary N) is 2. The lowest BCUT2D eigenvalue weighted by Crippen LogP contribution is -2.24. The van der Waals surface area contributed by atoms with Crippen LogP contribution in [0.25, 0.3) is 5.69 Å². The van der Waals surface area contributed by atoms with Gasteiger partial charge in [-0.3, -0.25) is 15.3 Å². The monoisotopic (exact) mass is 216 g/mol. The summed E-state index contributed by atoms with van der Waals surface area (Å²) in [6, 6.07) is 9.16. The quantitative estimate of drug-likeness (QED) is 0.511. The van der Waals surface area contributed by atoms with Crippen molar-refractivity contribution in [1.82, 2.24) is 9.78 Å². The number of nitrogen functional groups attached to an aromatic ring is 1. The SMILES string of the molecule is Cc1[nH]n(-c2ccccc2)c(=O)c1C(=N)N. The number of hydrogen-bond acceptors (Lipinski definition) is 2. The number of H-pyrrole nitrogens is 1. The predicted molar refractivity (Wildman–Crippen MR) is 62.1 cm³/mol. The molecule has 0 aliphatic heterocycles. The summed E-state index contributed by atoms with van der Waals surface area (Å²) in [6.07, 6.45) is 0. The van der Waals surface area contributed by atoms with Crippen LogP contribution in [0.5, 0.6) is 0 Å². The summed E-state index contributed by atoms with van der Waals surface area (Å²) in [5.41, 5.74) is 6.61. The minimum absolute atomic E-state index is 0.214. The highest BCUT2D eigenvalue weighted by molar-refractivity contribution is 5.95. The molecule has 1 heterocycles. The van der Waals surface area contributed by atoms with Gasteiger partial charge in [-0.2, -0.15) is 0 Å². The van der Waals surface area contributed by atoms with Crippen LogP contribution in [0.15, 0.2) is 35.1 Å². The van der Waals surface area contributed by atoms with Gasteiger partial charge in [0.1, 0.15) is 11.4 Å². The molecule has 4 N–H and O–H groups in total. The Labute approximate surface area is 92.0 Å². The van der Waals surface area contributed by atoms with Gasteiger partial charge in [0.25, 0.3) is 5.56 Å². The Bertz CT molecular complexity index is 580. The summed E-state index contributed by atoms with van der Waals surface area (Å²) in [4.78, 5) is 11.9. The zero-order valence-corrected chi connectivity index (χ0v) is 8.82. The summed E-state index contributed by atoms with van der Waals surface area (Å²) in [7, 11) is 0. The van der Waals surface area contributed by atoms with Gasteiger partial charge >= 0.3 is 0 Å². The van der Waals surface area contributed by atoms with E-state index in [1.165, 1.54) is 4.68 Å². The molecule has 0 unspecified atom stereocenters. The summed E-state index contributed by atoms with van der Waals surface area (Å²) in [6.45, 7) is 1.72. The van der Waals surface area contributed by atoms with E-state index >= 15 is 0 Å². The number of aromatic amines is 1. The van der Waals surface area contributed by atoms with Gasteiger partial charge in [-0.05, 0) is 19.1 Å². The van der Waals surface area contributed by atoms with E-state index in [2.05, 4.69) is 5.10 Å². The number of benzene rings is 1. The van der Waals surface area contributed by atoms with Gasteiger partial charge in [-0.25, -0.2) is 4.68 Å². The number of nitrogens with two attached hydrogens (primary N) is 1. The number of rotatable bonds is 2. The zero-order valence-electron chi connectivity index (χ0n) is 8.82. The van der Waals surface area contributed by atoms with E-state index in [9.17, 15) is 4.79 Å². The first-order chi connectivity index (χ1) is 7.61. The topological polar surface area (TPSA) is 87.7 Å². The maximum atomic E-state index is 11.9. The number of nitrogens with zero attached hydrogens (tertiary/aromatic N) is 1. The summed E-state index contributed by atoms with van der Waals surface area (Å²) in [5.74, 6) is -0.214. The fraction of sp³-hybridized carbons (Fsp3) is 0.0909. The molecular formula is C11H12N4O. The average molecular weight is 216 g/mol. The zero-order chi connectivity index (χ0) is 11.7. The van der Waals surface area contributed by atoms with Crippen LogP contribution in [0.4, 0.5) is 0 Å². The van der Waals surface area contributed by atoms with E-state index in [4.69, 9.17) is 11.1 Å². The van der Waals surface area contributed by atoms with Crippen LogP contribution in [-0.2, 0) is 0 Å². The van der Waals surface area contributed by atoms with Crippen molar-refractivity contribution >= 4 is 5.84 Å². The van der Waals surface area contributed by atoms with Crippen molar-refractivity contribution in [2.75, 3.05) is 0 Å². The van der Waals surface area contributed by atoms with Crippen LogP contribution in [0.3, 0.4) is 0 Å². The number of hydrogen-bond donors (Lipinski definition) is 3. The van der Waals surface area contributed by atoms with Crippen molar-refractivity contribution < 1.29 is 0 Å². The predicted octanol–water partition coefficient (Wildman–Crippen LogP) is 0.758. The maximum Gasteiger partial charge on any atom is 0.282 e. The number of aromatic nitrogens is 2. The van der Waals surface area contributed by atoms with Crippen molar-refractivity contribution in [2.24, 2.45) is 5.73 Å². The highest BCUT2D eigenvalue weighted by Crippen LogP contribution is 2.05. The van der Waals surface area contributed by atoms with Crippen molar-refractivity contribution in [3.63, 3.8) is 0 Å². The van der Waals surface area contributed by atoms with Crippen molar-refractivity contribution in [3.05, 3.63) is 51.9 Å². The molecular weight excluding hydrogens is 204 g/mol. The van der Waals surface area contributed by atoms with Crippen LogP contribution < -0.4 is 11.3 Å². The third-order valence-corrected chi connectivity index (χ3v) is 2.36. The van der Waals surface area contributed by atoms with Crippen LogP contribution >= 0.6 is 0 Å². The molecule has 5 heteroatoms. The molecule has 0 amide bonds. The maximum absolute atomic E-state index is 11.9. The van der Waals surface area contributed by atoms with Crippen LogP contribution in [-0.4, -0.2) is 15.6 Å². The lowest BCUT2D eigenvalue weighted by atomic mass is 10.2.